The highest BCUT2D eigenvalue weighted by Crippen LogP contribution is 2.21. The Labute approximate surface area is 465 Å². The molecule has 0 unspecified atom stereocenters. The van der Waals surface area contributed by atoms with Crippen molar-refractivity contribution < 1.29 is 0 Å². The molecule has 0 bridgehead atoms. The summed E-state index contributed by atoms with van der Waals surface area (Å²) in [7, 11) is 0. The van der Waals surface area contributed by atoms with Gasteiger partial charge in [-0.05, 0) is 12.2 Å². The smallest absolute Gasteiger partial charge is 0.00979 e. The lowest BCUT2D eigenvalue weighted by molar-refractivity contribution is 0.506. The average molecular weight is 1030 g/mol. The topological polar surface area (TPSA) is 0 Å². The Kier molecular flexibility index (Phi) is 71.7. The van der Waals surface area contributed by atoms with Gasteiger partial charge < -0.3 is 0 Å². The lowest BCUT2D eigenvalue weighted by Gasteiger charge is -2.05. The molecule has 0 N–H and O–H groups in total. The first-order valence-corrected chi connectivity index (χ1v) is 36.2. The van der Waals surface area contributed by atoms with Gasteiger partial charge in [-0.25, -0.2) is 0 Å². The molecule has 0 saturated heterocycles. The quantitative estimate of drug-likeness (QED) is 0.0456. The second-order valence-corrected chi connectivity index (χ2v) is 25.2. The first-order valence-electron chi connectivity index (χ1n) is 35.5. The summed E-state index contributed by atoms with van der Waals surface area (Å²) < 4.78 is 0. The third-order valence-electron chi connectivity index (χ3n) is 17.3. The van der Waals surface area contributed by atoms with Crippen LogP contribution in [0.1, 0.15) is 450 Å². The summed E-state index contributed by atoms with van der Waals surface area (Å²) in [6.07, 6.45) is 103. The zero-order valence-electron chi connectivity index (χ0n) is 50.9. The average Bonchev–Trinajstić information content (AvgIpc) is 3.39. The van der Waals surface area contributed by atoms with Crippen LogP contribution in [0.2, 0.25) is 0 Å². The summed E-state index contributed by atoms with van der Waals surface area (Å²) in [5.41, 5.74) is 0. The van der Waals surface area contributed by atoms with Gasteiger partial charge in [0.2, 0.25) is 0 Å². The van der Waals surface area contributed by atoms with Gasteiger partial charge >= 0.3 is 0 Å². The van der Waals surface area contributed by atoms with Crippen LogP contribution in [0.5, 0.6) is 0 Å². The molecule has 0 spiro atoms. The third-order valence-corrected chi connectivity index (χ3v) is 17.6. The molecular formula is C71H144S. The van der Waals surface area contributed by atoms with Crippen molar-refractivity contribution in [1.29, 1.82) is 0 Å². The van der Waals surface area contributed by atoms with Gasteiger partial charge in [0.05, 0.1) is 0 Å². The summed E-state index contributed by atoms with van der Waals surface area (Å²) in [5, 5.41) is 0. The number of hydrogen-bond acceptors (Lipinski definition) is 1. The lowest BCUT2D eigenvalue weighted by Crippen LogP contribution is -1.85. The van der Waals surface area contributed by atoms with Gasteiger partial charge in [-0.3, -0.25) is 0 Å². The van der Waals surface area contributed by atoms with Gasteiger partial charge in [-0.1, -0.05) is 444 Å². The van der Waals surface area contributed by atoms with Crippen LogP contribution < -0.4 is 0 Å². The molecule has 0 amide bonds. The minimum Gasteiger partial charge on any atom is -0.179 e. The van der Waals surface area contributed by atoms with Crippen molar-refractivity contribution in [2.24, 2.45) is 0 Å². The van der Waals surface area contributed by atoms with Crippen LogP contribution in [-0.4, -0.2) is 5.75 Å². The molecule has 0 aliphatic rings. The predicted molar refractivity (Wildman–Crippen MR) is 338 cm³/mol. The Morgan fingerprint density at radius 3 is 0.250 bits per heavy atom. The number of rotatable bonds is 69. The maximum absolute atomic E-state index is 4.31. The zero-order chi connectivity index (χ0) is 51.5. The molecule has 0 atom stereocenters. The number of hydrogen-bond donors (Lipinski definition) is 1. The van der Waals surface area contributed by atoms with E-state index in [0.717, 1.165) is 5.75 Å². The largest absolute Gasteiger partial charge is 0.179 e. The molecule has 1 heteroatoms. The molecular weight excluding hydrogens is 885 g/mol. The number of unbranched alkanes of at least 4 members (excludes halogenated alkanes) is 68. The van der Waals surface area contributed by atoms with E-state index in [-0.39, 0.29) is 0 Å². The first kappa shape index (κ1) is 72.3. The van der Waals surface area contributed by atoms with Gasteiger partial charge in [0.25, 0.3) is 0 Å². The van der Waals surface area contributed by atoms with Gasteiger partial charge in [0, 0.05) is 0 Å². The maximum atomic E-state index is 4.31. The molecule has 0 aliphatic carbocycles. The molecule has 0 aromatic heterocycles. The van der Waals surface area contributed by atoms with E-state index in [2.05, 4.69) is 19.6 Å². The fourth-order valence-electron chi connectivity index (χ4n) is 12.0. The van der Waals surface area contributed by atoms with Crippen LogP contribution in [0.4, 0.5) is 0 Å². The van der Waals surface area contributed by atoms with Crippen molar-refractivity contribution in [2.45, 2.75) is 450 Å². The SMILES string of the molecule is CCCCCCCCCCCCCCCCCCCCCCCCCCCCCCCCCCCCCCCCCCCCCCCCCCCCCCCCCCCCCCCCCCCCCCCS. The Bertz CT molecular complexity index is 796. The van der Waals surface area contributed by atoms with E-state index in [1.807, 2.05) is 0 Å². The van der Waals surface area contributed by atoms with Gasteiger partial charge in [0.15, 0.2) is 0 Å². The van der Waals surface area contributed by atoms with Gasteiger partial charge in [0.1, 0.15) is 0 Å². The van der Waals surface area contributed by atoms with Crippen LogP contribution in [-0.2, 0) is 0 Å². The van der Waals surface area contributed by atoms with E-state index in [9.17, 15) is 0 Å². The molecule has 0 aromatic carbocycles. The van der Waals surface area contributed by atoms with Crippen molar-refractivity contribution >= 4 is 12.6 Å². The fraction of sp³-hybridized carbons (Fsp3) is 1.00. The van der Waals surface area contributed by atoms with E-state index in [1.165, 1.54) is 443 Å². The summed E-state index contributed by atoms with van der Waals surface area (Å²) >= 11 is 4.31. The van der Waals surface area contributed by atoms with Gasteiger partial charge in [-0.2, -0.15) is 12.6 Å². The van der Waals surface area contributed by atoms with Crippen LogP contribution in [0.15, 0.2) is 0 Å². The van der Waals surface area contributed by atoms with Gasteiger partial charge in [-0.15, -0.1) is 0 Å². The molecule has 0 saturated carbocycles. The van der Waals surface area contributed by atoms with E-state index in [0.29, 0.717) is 0 Å². The normalized spacial score (nSPS) is 11.8. The monoisotopic (exact) mass is 1030 g/mol. The third kappa shape index (κ3) is 70.3. The minimum absolute atomic E-state index is 1.07. The Morgan fingerprint density at radius 1 is 0.111 bits per heavy atom. The van der Waals surface area contributed by atoms with Crippen LogP contribution >= 0.6 is 12.6 Å². The minimum atomic E-state index is 1.07. The molecule has 0 radical (unpaired) electrons. The second kappa shape index (κ2) is 71.3. The molecule has 434 valence electrons. The van der Waals surface area contributed by atoms with E-state index in [4.69, 9.17) is 0 Å². The Morgan fingerprint density at radius 2 is 0.181 bits per heavy atom. The molecule has 0 nitrogen and oxygen atoms in total. The van der Waals surface area contributed by atoms with Crippen LogP contribution in [0.25, 0.3) is 0 Å². The zero-order valence-corrected chi connectivity index (χ0v) is 51.8. The fourth-order valence-corrected chi connectivity index (χ4v) is 12.3. The predicted octanol–water partition coefficient (Wildman–Crippen LogP) is 27.9. The first-order chi connectivity index (χ1) is 35.9. The highest BCUT2D eigenvalue weighted by atomic mass is 32.1. The summed E-state index contributed by atoms with van der Waals surface area (Å²) in [6, 6.07) is 0. The van der Waals surface area contributed by atoms with Crippen molar-refractivity contribution in [3.05, 3.63) is 0 Å². The van der Waals surface area contributed by atoms with Crippen molar-refractivity contribution in [3.8, 4) is 0 Å². The maximum Gasteiger partial charge on any atom is -0.00979 e. The second-order valence-electron chi connectivity index (χ2n) is 24.8. The summed E-state index contributed by atoms with van der Waals surface area (Å²) in [4.78, 5) is 0. The number of thiol groups is 1. The Hall–Kier alpha value is 0.350. The van der Waals surface area contributed by atoms with Crippen LogP contribution in [0.3, 0.4) is 0 Å². The van der Waals surface area contributed by atoms with E-state index in [1.54, 1.807) is 0 Å². The molecule has 0 aliphatic heterocycles. The van der Waals surface area contributed by atoms with Crippen molar-refractivity contribution in [3.63, 3.8) is 0 Å². The molecule has 0 heterocycles. The summed E-state index contributed by atoms with van der Waals surface area (Å²) in [5.74, 6) is 1.07. The standard InChI is InChI=1S/C71H144S/c1-2-3-4-5-6-7-8-9-10-11-12-13-14-15-16-17-18-19-20-21-22-23-24-25-26-27-28-29-30-31-32-33-34-35-36-37-38-39-40-41-42-43-44-45-46-47-48-49-50-51-52-53-54-55-56-57-58-59-60-61-62-63-64-65-66-67-68-69-70-71-72/h72H,2-71H2,1H3. The molecule has 0 rings (SSSR count). The van der Waals surface area contributed by atoms with Crippen molar-refractivity contribution in [1.82, 2.24) is 0 Å². The lowest BCUT2D eigenvalue weighted by atomic mass is 10.0. The summed E-state index contributed by atoms with van der Waals surface area (Å²) in [6.45, 7) is 2.32. The van der Waals surface area contributed by atoms with E-state index >= 15 is 0 Å². The van der Waals surface area contributed by atoms with Crippen LogP contribution in [0, 0.1) is 0 Å². The molecule has 0 aromatic rings. The highest BCUT2D eigenvalue weighted by molar-refractivity contribution is 7.80. The highest BCUT2D eigenvalue weighted by Gasteiger charge is 2.01. The molecule has 0 fully saturated rings. The molecule has 72 heavy (non-hydrogen) atoms. The van der Waals surface area contributed by atoms with Crippen molar-refractivity contribution in [2.75, 3.05) is 5.75 Å². The van der Waals surface area contributed by atoms with E-state index < -0.39 is 0 Å². The Balaban J connectivity index is 3.07.